The van der Waals surface area contributed by atoms with Gasteiger partial charge in [0.25, 0.3) is 0 Å². The van der Waals surface area contributed by atoms with E-state index in [1.165, 1.54) is 13.8 Å². The van der Waals surface area contributed by atoms with Gasteiger partial charge in [-0.25, -0.2) is 4.79 Å². The van der Waals surface area contributed by atoms with Crippen molar-refractivity contribution in [1.82, 2.24) is 0 Å². The number of rotatable bonds is 12. The molecule has 2 N–H and O–H groups in total. The molecule has 0 spiro atoms. The summed E-state index contributed by atoms with van der Waals surface area (Å²) in [7, 11) is 0. The Morgan fingerprint density at radius 3 is 2.17 bits per heavy atom. The Kier molecular flexibility index (Phi) is 15.0. The summed E-state index contributed by atoms with van der Waals surface area (Å²) >= 11 is 0. The van der Waals surface area contributed by atoms with Crippen molar-refractivity contribution in [3.8, 4) is 0 Å². The van der Waals surface area contributed by atoms with E-state index in [-0.39, 0.29) is 69.0 Å². The van der Waals surface area contributed by atoms with Crippen LogP contribution in [0.4, 0.5) is 0 Å². The number of nitrogens with zero attached hydrogens (tertiary/aromatic N) is 1. The Bertz CT molecular complexity index is 367. The van der Waals surface area contributed by atoms with Crippen molar-refractivity contribution < 1.29 is 80.8 Å². The number of hydrogen-bond donors (Lipinski definition) is 2. The van der Waals surface area contributed by atoms with Crippen LogP contribution in [0.25, 0.3) is 0 Å². The average Bonchev–Trinajstić information content (AvgIpc) is 2.47. The molecule has 3 unspecified atom stereocenters. The molecular formula is C16H29KNO5+. The summed E-state index contributed by atoms with van der Waals surface area (Å²) in [6, 6.07) is -1.89. The first-order valence-electron chi connectivity index (χ1n) is 7.89. The fourth-order valence-electron chi connectivity index (χ4n) is 2.79. The molecule has 0 aliphatic carbocycles. The Balaban J connectivity index is 0. The second-order valence-electron chi connectivity index (χ2n) is 5.66. The molecule has 0 amide bonds. The van der Waals surface area contributed by atoms with Gasteiger partial charge in [0.15, 0.2) is 6.04 Å². The first-order chi connectivity index (χ1) is 10.3. The number of aliphatic hydroxyl groups excluding tert-OH is 1. The quantitative estimate of drug-likeness (QED) is 0.175. The predicted molar refractivity (Wildman–Crippen MR) is 81.9 cm³/mol. The van der Waals surface area contributed by atoms with E-state index in [9.17, 15) is 24.9 Å². The third kappa shape index (κ3) is 8.24. The number of unbranched alkanes of at least 4 members (excludes halogenated alkanes) is 2. The summed E-state index contributed by atoms with van der Waals surface area (Å²) in [5.41, 5.74) is 0. The Labute approximate surface area is 181 Å². The van der Waals surface area contributed by atoms with Crippen molar-refractivity contribution in [2.45, 2.75) is 58.5 Å². The summed E-state index contributed by atoms with van der Waals surface area (Å²) in [6.45, 7) is 5.23. The van der Waals surface area contributed by atoms with Crippen LogP contribution in [0.2, 0.25) is 0 Å². The van der Waals surface area contributed by atoms with Gasteiger partial charge in [0.1, 0.15) is 12.6 Å². The van der Waals surface area contributed by atoms with Gasteiger partial charge in [0, 0.05) is 0 Å². The number of quaternary nitrogens is 1. The molecule has 0 aliphatic heterocycles. The summed E-state index contributed by atoms with van der Waals surface area (Å²) in [6.07, 6.45) is 7.55. The Morgan fingerprint density at radius 2 is 1.74 bits per heavy atom. The van der Waals surface area contributed by atoms with Gasteiger partial charge in [-0.05, 0) is 39.5 Å². The first-order valence-corrected chi connectivity index (χ1v) is 7.89. The van der Waals surface area contributed by atoms with E-state index in [4.69, 9.17) is 0 Å². The molecule has 0 aromatic rings. The van der Waals surface area contributed by atoms with E-state index in [1.807, 2.05) is 0 Å². The van der Waals surface area contributed by atoms with Crippen LogP contribution in [0.5, 0.6) is 0 Å². The number of allylic oxidation sites excluding steroid dienone is 2. The number of carboxylic acids is 2. The molecular weight excluding hydrogens is 325 g/mol. The van der Waals surface area contributed by atoms with E-state index in [0.29, 0.717) is 13.0 Å². The van der Waals surface area contributed by atoms with Gasteiger partial charge in [-0.2, -0.15) is 0 Å². The zero-order valence-corrected chi connectivity index (χ0v) is 17.9. The standard InChI is InChI=1S/C16H29NO5.K/c1-4-5-6-7-8-9-10-17(11-12-18,13(2)15(19)20)14(3)16(21)22;/h5-6,13-14,18H,4,7-12H2,1-3H3,(H-,19,20,21,22);/q;+1/b6-5+;. The minimum atomic E-state index is -1.28. The Hall–Kier alpha value is 0.236. The third-order valence-electron chi connectivity index (χ3n) is 4.36. The molecule has 0 fully saturated rings. The van der Waals surface area contributed by atoms with Crippen molar-refractivity contribution in [3.05, 3.63) is 12.2 Å². The maximum atomic E-state index is 11.4. The van der Waals surface area contributed by atoms with Crippen LogP contribution in [0, 0.1) is 0 Å². The van der Waals surface area contributed by atoms with E-state index in [0.717, 1.165) is 19.3 Å². The number of carbonyl (C=O) groups excluding carboxylic acids is 1. The maximum absolute atomic E-state index is 11.4. The smallest absolute Gasteiger partial charge is 0.544 e. The zero-order valence-electron chi connectivity index (χ0n) is 14.8. The molecule has 0 radical (unpaired) electrons. The molecule has 0 aromatic carbocycles. The molecule has 0 bridgehead atoms. The Morgan fingerprint density at radius 1 is 1.13 bits per heavy atom. The largest absolute Gasteiger partial charge is 1.00 e. The van der Waals surface area contributed by atoms with Gasteiger partial charge >= 0.3 is 57.4 Å². The molecule has 0 aliphatic rings. The molecule has 7 heteroatoms. The van der Waals surface area contributed by atoms with E-state index in [1.54, 1.807) is 0 Å². The number of hydrogen-bond acceptors (Lipinski definition) is 4. The minimum Gasteiger partial charge on any atom is -0.544 e. The molecule has 3 atom stereocenters. The molecule has 0 aromatic heterocycles. The van der Waals surface area contributed by atoms with Gasteiger partial charge in [-0.15, -0.1) is 0 Å². The van der Waals surface area contributed by atoms with Crippen LogP contribution in [0.3, 0.4) is 0 Å². The van der Waals surface area contributed by atoms with Crippen LogP contribution < -0.4 is 56.5 Å². The molecule has 0 saturated carbocycles. The van der Waals surface area contributed by atoms with Gasteiger partial charge in [-0.1, -0.05) is 19.1 Å². The second-order valence-corrected chi connectivity index (χ2v) is 5.66. The zero-order chi connectivity index (χ0) is 17.2. The van der Waals surface area contributed by atoms with E-state index >= 15 is 0 Å². The van der Waals surface area contributed by atoms with Crippen molar-refractivity contribution in [1.29, 1.82) is 0 Å². The maximum Gasteiger partial charge on any atom is 1.00 e. The van der Waals surface area contributed by atoms with Crippen molar-refractivity contribution >= 4 is 11.9 Å². The van der Waals surface area contributed by atoms with Gasteiger partial charge in [0.05, 0.1) is 19.1 Å². The SMILES string of the molecule is CC/C=C/CCCC[N+](CCO)(C(C)C(=O)[O-])C(C)C(=O)O.[K+]. The van der Waals surface area contributed by atoms with E-state index in [2.05, 4.69) is 19.1 Å². The van der Waals surface area contributed by atoms with Crippen molar-refractivity contribution in [2.75, 3.05) is 19.7 Å². The summed E-state index contributed by atoms with van der Waals surface area (Å²) in [5.74, 6) is -2.35. The topological polar surface area (TPSA) is 97.7 Å². The second kappa shape index (κ2) is 13.5. The molecule has 0 rings (SSSR count). The fourth-order valence-corrected chi connectivity index (χ4v) is 2.79. The minimum absolute atomic E-state index is 0. The summed E-state index contributed by atoms with van der Waals surface area (Å²) in [4.78, 5) is 22.7. The van der Waals surface area contributed by atoms with Crippen molar-refractivity contribution in [3.63, 3.8) is 0 Å². The monoisotopic (exact) mass is 354 g/mol. The molecule has 6 nitrogen and oxygen atoms in total. The summed E-state index contributed by atoms with van der Waals surface area (Å²) < 4.78 is -0.189. The number of aliphatic hydroxyl groups is 1. The third-order valence-corrected chi connectivity index (χ3v) is 4.36. The van der Waals surface area contributed by atoms with Gasteiger partial charge < -0.3 is 24.6 Å². The van der Waals surface area contributed by atoms with Crippen molar-refractivity contribution in [2.24, 2.45) is 0 Å². The number of carbonyl (C=O) groups is 2. The normalized spacial score (nSPS) is 16.3. The van der Waals surface area contributed by atoms with Crippen LogP contribution in [0.15, 0.2) is 12.2 Å². The average molecular weight is 355 g/mol. The van der Waals surface area contributed by atoms with Crippen LogP contribution >= 0.6 is 0 Å². The molecule has 0 heterocycles. The van der Waals surface area contributed by atoms with Crippen LogP contribution in [0.1, 0.15) is 46.5 Å². The van der Waals surface area contributed by atoms with E-state index < -0.39 is 24.0 Å². The van der Waals surface area contributed by atoms with Gasteiger partial charge in [-0.3, -0.25) is 0 Å². The molecule has 23 heavy (non-hydrogen) atoms. The predicted octanol–water partition coefficient (Wildman–Crippen LogP) is -2.45. The number of carboxylic acid groups (broad SMARTS) is 2. The number of aliphatic carboxylic acids is 2. The summed E-state index contributed by atoms with van der Waals surface area (Å²) in [5, 5.41) is 29.9. The molecule has 128 valence electrons. The van der Waals surface area contributed by atoms with Crippen LogP contribution in [-0.4, -0.2) is 58.4 Å². The van der Waals surface area contributed by atoms with Crippen LogP contribution in [-0.2, 0) is 9.59 Å². The fraction of sp³-hybridized carbons (Fsp3) is 0.750. The first kappa shape index (κ1) is 25.5. The molecule has 0 saturated heterocycles. The van der Waals surface area contributed by atoms with Gasteiger partial charge in [0.2, 0.25) is 0 Å².